The minimum Gasteiger partial charge on any atom is -0.497 e. The predicted octanol–water partition coefficient (Wildman–Crippen LogP) is 14.5. The Bertz CT molecular complexity index is 2630. The van der Waals surface area contributed by atoms with Crippen LogP contribution in [-0.4, -0.2) is 14.2 Å². The summed E-state index contributed by atoms with van der Waals surface area (Å²) in [6.07, 6.45) is 4.51. The molecular weight excluding hydrogens is 705 g/mol. The van der Waals surface area contributed by atoms with Crippen molar-refractivity contribution in [3.8, 4) is 33.8 Å². The third kappa shape index (κ3) is 7.32. The van der Waals surface area contributed by atoms with Crippen LogP contribution in [0.15, 0.2) is 206 Å². The zero-order valence-electron chi connectivity index (χ0n) is 32.6. The first-order valence-corrected chi connectivity index (χ1v) is 19.6. The van der Waals surface area contributed by atoms with Gasteiger partial charge in [0.2, 0.25) is 0 Å². The second-order valence-corrected chi connectivity index (χ2v) is 14.4. The molecule has 0 aliphatic carbocycles. The minimum atomic E-state index is 0.848. The lowest BCUT2D eigenvalue weighted by Crippen LogP contribution is -1.93. The normalized spacial score (nSPS) is 11.8. The van der Waals surface area contributed by atoms with Gasteiger partial charge in [-0.2, -0.15) is 0 Å². The zero-order valence-corrected chi connectivity index (χ0v) is 32.6. The molecule has 0 heterocycles. The average Bonchev–Trinajstić information content (AvgIpc) is 3.30. The lowest BCUT2D eigenvalue weighted by Gasteiger charge is -2.18. The predicted molar refractivity (Wildman–Crippen MR) is 245 cm³/mol. The minimum absolute atomic E-state index is 0.848. The summed E-state index contributed by atoms with van der Waals surface area (Å²) in [5, 5.41) is 4.92. The van der Waals surface area contributed by atoms with Crippen LogP contribution in [0.4, 0.5) is 0 Å². The van der Waals surface area contributed by atoms with Crippen molar-refractivity contribution in [3.63, 3.8) is 0 Å². The van der Waals surface area contributed by atoms with Crippen LogP contribution in [0.5, 0.6) is 11.5 Å². The number of methoxy groups -OCH3 is 2. The maximum atomic E-state index is 5.42. The van der Waals surface area contributed by atoms with Gasteiger partial charge in [0.15, 0.2) is 0 Å². The lowest BCUT2D eigenvalue weighted by molar-refractivity contribution is 0.414. The molecule has 0 aliphatic heterocycles. The van der Waals surface area contributed by atoms with E-state index in [0.29, 0.717) is 0 Å². The van der Waals surface area contributed by atoms with Gasteiger partial charge in [0.05, 0.1) is 14.2 Å². The number of rotatable bonds is 10. The first-order valence-electron chi connectivity index (χ1n) is 19.6. The van der Waals surface area contributed by atoms with Crippen molar-refractivity contribution in [1.29, 1.82) is 0 Å². The van der Waals surface area contributed by atoms with Crippen LogP contribution < -0.4 is 9.47 Å². The molecule has 9 aromatic carbocycles. The van der Waals surface area contributed by atoms with Gasteiger partial charge < -0.3 is 9.47 Å². The van der Waals surface area contributed by atoms with E-state index in [9.17, 15) is 0 Å². The molecular formula is C56H42O2. The van der Waals surface area contributed by atoms with E-state index in [1.807, 2.05) is 24.3 Å². The van der Waals surface area contributed by atoms with Crippen molar-refractivity contribution in [3.05, 3.63) is 240 Å². The van der Waals surface area contributed by atoms with Gasteiger partial charge in [0, 0.05) is 0 Å². The van der Waals surface area contributed by atoms with Crippen molar-refractivity contribution < 1.29 is 9.47 Å². The first kappa shape index (κ1) is 36.2. The molecule has 2 nitrogen and oxygen atoms in total. The fraction of sp³-hybridized carbons (Fsp3) is 0.0357. The van der Waals surface area contributed by atoms with Crippen molar-refractivity contribution in [2.75, 3.05) is 14.2 Å². The molecule has 2 heteroatoms. The van der Waals surface area contributed by atoms with Crippen molar-refractivity contribution in [1.82, 2.24) is 0 Å². The smallest absolute Gasteiger partial charge is 0.118 e. The van der Waals surface area contributed by atoms with Crippen molar-refractivity contribution in [2.45, 2.75) is 0 Å². The van der Waals surface area contributed by atoms with Gasteiger partial charge in [-0.15, -0.1) is 0 Å². The highest BCUT2D eigenvalue weighted by Crippen LogP contribution is 2.44. The molecule has 0 bridgehead atoms. The Hall–Kier alpha value is -7.42. The second kappa shape index (κ2) is 16.4. The standard InChI is InChI=1S/C56H42O2/c1-57-47-33-21-39(22-34-47)37-53(41-13-5-3-6-14-41)43-25-29-45(30-26-43)55-49-17-9-11-19-51(49)56(52-20-12-10-18-50(52)55)46-31-27-44(28-32-46)54(42-15-7-4-8-16-42)38-40-23-35-48(58-2)36-24-40/h3-38H,1-2H3/b53-37+,54-38+. The summed E-state index contributed by atoms with van der Waals surface area (Å²) in [7, 11) is 3.40. The Morgan fingerprint density at radius 1 is 0.310 bits per heavy atom. The van der Waals surface area contributed by atoms with E-state index in [-0.39, 0.29) is 0 Å². The molecule has 0 aromatic heterocycles. The number of hydrogen-bond donors (Lipinski definition) is 0. The van der Waals surface area contributed by atoms with Crippen molar-refractivity contribution in [2.24, 2.45) is 0 Å². The summed E-state index contributed by atoms with van der Waals surface area (Å²) in [5.74, 6) is 1.70. The van der Waals surface area contributed by atoms with Crippen LogP contribution in [0, 0.1) is 0 Å². The number of fused-ring (bicyclic) bond motifs is 2. The highest BCUT2D eigenvalue weighted by molar-refractivity contribution is 6.21. The fourth-order valence-corrected chi connectivity index (χ4v) is 8.02. The van der Waals surface area contributed by atoms with Crippen LogP contribution in [0.25, 0.3) is 67.1 Å². The van der Waals surface area contributed by atoms with Gasteiger partial charge in [0.25, 0.3) is 0 Å². The maximum Gasteiger partial charge on any atom is 0.118 e. The summed E-state index contributed by atoms with van der Waals surface area (Å²) in [6.45, 7) is 0. The topological polar surface area (TPSA) is 18.5 Å². The summed E-state index contributed by atoms with van der Waals surface area (Å²) >= 11 is 0. The summed E-state index contributed by atoms with van der Waals surface area (Å²) in [5.41, 5.74) is 14.1. The number of ether oxygens (including phenoxy) is 2. The molecule has 278 valence electrons. The second-order valence-electron chi connectivity index (χ2n) is 14.4. The molecule has 0 aliphatic rings. The number of benzene rings is 9. The molecule has 0 N–H and O–H groups in total. The highest BCUT2D eigenvalue weighted by Gasteiger charge is 2.17. The van der Waals surface area contributed by atoms with Crippen LogP contribution in [-0.2, 0) is 0 Å². The van der Waals surface area contributed by atoms with E-state index in [1.54, 1.807) is 14.2 Å². The molecule has 9 rings (SSSR count). The quantitative estimate of drug-likeness (QED) is 0.102. The Labute approximate surface area is 340 Å². The van der Waals surface area contributed by atoms with Gasteiger partial charge in [-0.1, -0.05) is 182 Å². The highest BCUT2D eigenvalue weighted by atomic mass is 16.5. The lowest BCUT2D eigenvalue weighted by atomic mass is 9.85. The van der Waals surface area contributed by atoms with E-state index in [2.05, 4.69) is 194 Å². The van der Waals surface area contributed by atoms with Crippen LogP contribution in [0.1, 0.15) is 33.4 Å². The van der Waals surface area contributed by atoms with Gasteiger partial charge >= 0.3 is 0 Å². The van der Waals surface area contributed by atoms with E-state index >= 15 is 0 Å². The molecule has 0 fully saturated rings. The van der Waals surface area contributed by atoms with E-state index in [1.165, 1.54) is 66.1 Å². The molecule has 0 spiro atoms. The Morgan fingerprint density at radius 2 is 0.603 bits per heavy atom. The van der Waals surface area contributed by atoms with Crippen LogP contribution in [0.2, 0.25) is 0 Å². The van der Waals surface area contributed by atoms with E-state index in [0.717, 1.165) is 33.8 Å². The molecule has 0 saturated heterocycles. The van der Waals surface area contributed by atoms with Crippen LogP contribution >= 0.6 is 0 Å². The van der Waals surface area contributed by atoms with Crippen molar-refractivity contribution >= 4 is 44.8 Å². The Morgan fingerprint density at radius 3 is 0.914 bits per heavy atom. The van der Waals surface area contributed by atoms with E-state index in [4.69, 9.17) is 9.47 Å². The molecule has 0 radical (unpaired) electrons. The summed E-state index contributed by atoms with van der Waals surface area (Å²) < 4.78 is 10.8. The Kier molecular flexibility index (Phi) is 10.2. The SMILES string of the molecule is COc1ccc(/C=C(\c2ccccc2)c2ccc(-c3c4ccccc4c(-c4ccc(/C(=C/c5ccc(OC)cc5)c5ccccc5)cc4)c4ccccc34)cc2)cc1. The largest absolute Gasteiger partial charge is 0.497 e. The number of hydrogen-bond acceptors (Lipinski definition) is 2. The monoisotopic (exact) mass is 746 g/mol. The third-order valence-electron chi connectivity index (χ3n) is 10.9. The molecule has 0 amide bonds. The van der Waals surface area contributed by atoms with E-state index < -0.39 is 0 Å². The maximum absolute atomic E-state index is 5.42. The zero-order chi connectivity index (χ0) is 39.3. The van der Waals surface area contributed by atoms with Crippen LogP contribution in [0.3, 0.4) is 0 Å². The summed E-state index contributed by atoms with van der Waals surface area (Å²) in [4.78, 5) is 0. The first-order chi connectivity index (χ1) is 28.7. The fourth-order valence-electron chi connectivity index (χ4n) is 8.02. The molecule has 0 unspecified atom stereocenters. The average molecular weight is 747 g/mol. The molecule has 58 heavy (non-hydrogen) atoms. The van der Waals surface area contributed by atoms with Gasteiger partial charge in [-0.25, -0.2) is 0 Å². The third-order valence-corrected chi connectivity index (χ3v) is 10.9. The summed E-state index contributed by atoms with van der Waals surface area (Å²) in [6, 6.07) is 73.5. The van der Waals surface area contributed by atoms with Gasteiger partial charge in [0.1, 0.15) is 11.5 Å². The molecule has 9 aromatic rings. The van der Waals surface area contributed by atoms with Gasteiger partial charge in [-0.05, 0) is 125 Å². The Balaban J connectivity index is 1.14. The molecule has 0 saturated carbocycles. The molecule has 0 atom stereocenters. The van der Waals surface area contributed by atoms with Gasteiger partial charge in [-0.3, -0.25) is 0 Å².